The number of carbonyl (C=O) groups excluding carboxylic acids is 1. The van der Waals surface area contributed by atoms with E-state index in [1.807, 2.05) is 18.2 Å². The third-order valence-corrected chi connectivity index (χ3v) is 3.16. The maximum absolute atomic E-state index is 12.1. The Morgan fingerprint density at radius 2 is 2.05 bits per heavy atom. The Hall–Kier alpha value is -2.43. The van der Waals surface area contributed by atoms with Gasteiger partial charge in [-0.25, -0.2) is 9.78 Å². The third-order valence-electron chi connectivity index (χ3n) is 3.16. The summed E-state index contributed by atoms with van der Waals surface area (Å²) in [5.74, 6) is 0.569. The van der Waals surface area contributed by atoms with Crippen molar-refractivity contribution in [3.05, 3.63) is 54.0 Å². The Morgan fingerprint density at radius 3 is 2.89 bits per heavy atom. The van der Waals surface area contributed by atoms with E-state index >= 15 is 0 Å². The first-order valence-electron chi connectivity index (χ1n) is 6.22. The Labute approximate surface area is 111 Å². The number of urea groups is 1. The number of hydrogen-bond acceptors (Lipinski definition) is 3. The lowest BCUT2D eigenvalue weighted by Crippen LogP contribution is -2.39. The van der Waals surface area contributed by atoms with Crippen LogP contribution in [0, 0.1) is 0 Å². The zero-order valence-corrected chi connectivity index (χ0v) is 10.4. The summed E-state index contributed by atoms with van der Waals surface area (Å²) in [4.78, 5) is 22.3. The number of amides is 2. The van der Waals surface area contributed by atoms with Gasteiger partial charge in [0.25, 0.3) is 0 Å². The van der Waals surface area contributed by atoms with E-state index in [1.165, 1.54) is 5.56 Å². The third kappa shape index (κ3) is 2.54. The molecule has 96 valence electrons. The normalized spacial score (nSPS) is 13.8. The van der Waals surface area contributed by atoms with E-state index in [-0.39, 0.29) is 6.03 Å². The maximum Gasteiger partial charge on any atom is 0.323 e. The lowest BCUT2D eigenvalue weighted by atomic mass is 10.1. The maximum atomic E-state index is 12.1. The molecule has 0 saturated carbocycles. The van der Waals surface area contributed by atoms with Crippen molar-refractivity contribution in [3.8, 4) is 0 Å². The van der Waals surface area contributed by atoms with E-state index in [0.29, 0.717) is 18.9 Å². The second kappa shape index (κ2) is 5.06. The zero-order chi connectivity index (χ0) is 13.1. The van der Waals surface area contributed by atoms with E-state index in [9.17, 15) is 4.79 Å². The van der Waals surface area contributed by atoms with Crippen LogP contribution < -0.4 is 5.32 Å². The van der Waals surface area contributed by atoms with E-state index in [1.54, 1.807) is 23.4 Å². The average Bonchev–Trinajstić information content (AvgIpc) is 2.48. The van der Waals surface area contributed by atoms with Crippen LogP contribution in [0.1, 0.15) is 11.3 Å². The van der Waals surface area contributed by atoms with Gasteiger partial charge in [-0.2, -0.15) is 0 Å². The number of aromatic nitrogens is 2. The van der Waals surface area contributed by atoms with Crippen LogP contribution in [0.3, 0.4) is 0 Å². The number of hydrogen-bond donors (Lipinski definition) is 1. The number of pyridine rings is 2. The smallest absolute Gasteiger partial charge is 0.318 e. The first-order valence-corrected chi connectivity index (χ1v) is 6.22. The Balaban J connectivity index is 1.70. The number of rotatable bonds is 1. The molecule has 2 aromatic heterocycles. The number of anilines is 1. The molecule has 2 aromatic rings. The molecule has 0 saturated heterocycles. The molecule has 3 heterocycles. The molecule has 0 atom stereocenters. The molecule has 19 heavy (non-hydrogen) atoms. The second-order valence-electron chi connectivity index (χ2n) is 4.43. The standard InChI is InChI=1S/C14H14N4O/c19-14(17-13-5-1-2-7-16-13)18-9-6-11-4-3-8-15-12(11)10-18/h1-5,7-8H,6,9-10H2,(H,16,17,19). The molecule has 0 aliphatic carbocycles. The lowest BCUT2D eigenvalue weighted by molar-refractivity contribution is 0.205. The van der Waals surface area contributed by atoms with Gasteiger partial charge in [-0.05, 0) is 30.2 Å². The summed E-state index contributed by atoms with van der Waals surface area (Å²) in [5.41, 5.74) is 2.20. The van der Waals surface area contributed by atoms with Crippen molar-refractivity contribution < 1.29 is 4.79 Å². The first-order chi connectivity index (χ1) is 9.33. The topological polar surface area (TPSA) is 58.1 Å². The summed E-state index contributed by atoms with van der Waals surface area (Å²) in [6.45, 7) is 1.26. The van der Waals surface area contributed by atoms with Crippen molar-refractivity contribution in [2.75, 3.05) is 11.9 Å². The van der Waals surface area contributed by atoms with Crippen LogP contribution in [0.25, 0.3) is 0 Å². The molecule has 0 fully saturated rings. The predicted molar refractivity (Wildman–Crippen MR) is 71.6 cm³/mol. The van der Waals surface area contributed by atoms with Crippen molar-refractivity contribution in [2.45, 2.75) is 13.0 Å². The summed E-state index contributed by atoms with van der Waals surface area (Å²) in [7, 11) is 0. The van der Waals surface area contributed by atoms with Crippen LogP contribution in [0.2, 0.25) is 0 Å². The molecule has 1 N–H and O–H groups in total. The van der Waals surface area contributed by atoms with E-state index in [2.05, 4.69) is 21.4 Å². The second-order valence-corrected chi connectivity index (χ2v) is 4.43. The van der Waals surface area contributed by atoms with Crippen LogP contribution in [-0.4, -0.2) is 27.4 Å². The van der Waals surface area contributed by atoms with Gasteiger partial charge in [0.2, 0.25) is 0 Å². The van der Waals surface area contributed by atoms with Gasteiger partial charge in [0.15, 0.2) is 0 Å². The summed E-state index contributed by atoms with van der Waals surface area (Å²) in [6, 6.07) is 9.30. The molecule has 5 nitrogen and oxygen atoms in total. The summed E-state index contributed by atoms with van der Waals surface area (Å²) in [5, 5.41) is 2.79. The summed E-state index contributed by atoms with van der Waals surface area (Å²) >= 11 is 0. The Bertz CT molecular complexity index is 585. The summed E-state index contributed by atoms with van der Waals surface area (Å²) in [6.07, 6.45) is 4.26. The van der Waals surface area contributed by atoms with Gasteiger partial charge in [0, 0.05) is 18.9 Å². The van der Waals surface area contributed by atoms with Gasteiger partial charge in [-0.3, -0.25) is 10.3 Å². The molecular formula is C14H14N4O. The van der Waals surface area contributed by atoms with Crippen LogP contribution in [-0.2, 0) is 13.0 Å². The van der Waals surface area contributed by atoms with Gasteiger partial charge >= 0.3 is 6.03 Å². The SMILES string of the molecule is O=C(Nc1ccccn1)N1CCc2cccnc2C1. The molecule has 0 aromatic carbocycles. The van der Waals surface area contributed by atoms with Crippen molar-refractivity contribution in [3.63, 3.8) is 0 Å². The Kier molecular flexibility index (Phi) is 3.10. The number of carbonyl (C=O) groups is 1. The molecular weight excluding hydrogens is 240 g/mol. The van der Waals surface area contributed by atoms with Gasteiger partial charge in [-0.1, -0.05) is 12.1 Å². The molecule has 0 bridgehead atoms. The van der Waals surface area contributed by atoms with Crippen LogP contribution >= 0.6 is 0 Å². The van der Waals surface area contributed by atoms with Crippen molar-refractivity contribution in [2.24, 2.45) is 0 Å². The fourth-order valence-electron chi connectivity index (χ4n) is 2.16. The van der Waals surface area contributed by atoms with Crippen LogP contribution in [0.5, 0.6) is 0 Å². The highest BCUT2D eigenvalue weighted by Gasteiger charge is 2.21. The molecule has 1 aliphatic heterocycles. The van der Waals surface area contributed by atoms with Crippen molar-refractivity contribution >= 4 is 11.8 Å². The molecule has 0 unspecified atom stereocenters. The lowest BCUT2D eigenvalue weighted by Gasteiger charge is -2.27. The molecule has 0 radical (unpaired) electrons. The van der Waals surface area contributed by atoms with E-state index in [0.717, 1.165) is 12.1 Å². The van der Waals surface area contributed by atoms with Gasteiger partial charge in [-0.15, -0.1) is 0 Å². The van der Waals surface area contributed by atoms with E-state index < -0.39 is 0 Å². The molecule has 1 aliphatic rings. The average molecular weight is 254 g/mol. The van der Waals surface area contributed by atoms with Gasteiger partial charge in [0.1, 0.15) is 5.82 Å². The molecule has 0 spiro atoms. The predicted octanol–water partition coefficient (Wildman–Crippen LogP) is 2.07. The molecule has 3 rings (SSSR count). The minimum absolute atomic E-state index is 0.130. The van der Waals surface area contributed by atoms with Gasteiger partial charge < -0.3 is 4.90 Å². The fraction of sp³-hybridized carbons (Fsp3) is 0.214. The summed E-state index contributed by atoms with van der Waals surface area (Å²) < 4.78 is 0. The minimum Gasteiger partial charge on any atom is -0.318 e. The fourth-order valence-corrected chi connectivity index (χ4v) is 2.16. The monoisotopic (exact) mass is 254 g/mol. The van der Waals surface area contributed by atoms with Crippen molar-refractivity contribution in [1.29, 1.82) is 0 Å². The number of nitrogens with one attached hydrogen (secondary N) is 1. The molecule has 2 amide bonds. The Morgan fingerprint density at radius 1 is 1.16 bits per heavy atom. The van der Waals surface area contributed by atoms with E-state index in [4.69, 9.17) is 0 Å². The quantitative estimate of drug-likeness (QED) is 0.847. The number of fused-ring (bicyclic) bond motifs is 1. The highest BCUT2D eigenvalue weighted by atomic mass is 16.2. The van der Waals surface area contributed by atoms with Crippen LogP contribution in [0.4, 0.5) is 10.6 Å². The van der Waals surface area contributed by atoms with Gasteiger partial charge in [0.05, 0.1) is 12.2 Å². The largest absolute Gasteiger partial charge is 0.323 e. The minimum atomic E-state index is -0.130. The van der Waals surface area contributed by atoms with Crippen LogP contribution in [0.15, 0.2) is 42.7 Å². The highest BCUT2D eigenvalue weighted by Crippen LogP contribution is 2.16. The molecule has 5 heteroatoms. The first kappa shape index (κ1) is 11.6. The van der Waals surface area contributed by atoms with Crippen molar-refractivity contribution in [1.82, 2.24) is 14.9 Å². The number of nitrogens with zero attached hydrogens (tertiary/aromatic N) is 3. The zero-order valence-electron chi connectivity index (χ0n) is 10.4. The highest BCUT2D eigenvalue weighted by molar-refractivity contribution is 5.88.